The molecule has 2 N–H and O–H groups in total. The molecule has 14 heavy (non-hydrogen) atoms. The first-order chi connectivity index (χ1) is 6.48. The van der Waals surface area contributed by atoms with Gasteiger partial charge in [0.25, 0.3) is 0 Å². The summed E-state index contributed by atoms with van der Waals surface area (Å²) in [6, 6.07) is 4.68. The van der Waals surface area contributed by atoms with E-state index in [-0.39, 0.29) is 5.75 Å². The number of hydrogen-bond donors (Lipinski definition) is 2. The highest BCUT2D eigenvalue weighted by atomic mass is 19.1. The minimum absolute atomic E-state index is 0.115. The summed E-state index contributed by atoms with van der Waals surface area (Å²) in [6.45, 7) is 2.90. The quantitative estimate of drug-likeness (QED) is 0.732. The van der Waals surface area contributed by atoms with Crippen molar-refractivity contribution in [2.45, 2.75) is 19.5 Å². The summed E-state index contributed by atoms with van der Waals surface area (Å²) in [4.78, 5) is 0. The first-order valence-corrected chi connectivity index (χ1v) is 4.35. The summed E-state index contributed by atoms with van der Waals surface area (Å²) in [5.74, 6) is 0.115. The number of rotatable bonds is 1. The maximum Gasteiger partial charge on any atom is 0.147 e. The van der Waals surface area contributed by atoms with E-state index in [2.05, 4.69) is 10.2 Å². The zero-order valence-electron chi connectivity index (χ0n) is 8.00. The SMILES string of the molecule is CC(C)(F)c1[nH]nc2ccc(O)cc12. The van der Waals surface area contributed by atoms with E-state index >= 15 is 0 Å². The van der Waals surface area contributed by atoms with Crippen LogP contribution in [0.15, 0.2) is 18.2 Å². The lowest BCUT2D eigenvalue weighted by Crippen LogP contribution is -2.09. The van der Waals surface area contributed by atoms with Crippen molar-refractivity contribution in [3.8, 4) is 5.75 Å². The third kappa shape index (κ3) is 1.32. The van der Waals surface area contributed by atoms with Crippen molar-refractivity contribution in [2.24, 2.45) is 0 Å². The lowest BCUT2D eigenvalue weighted by molar-refractivity contribution is 0.216. The summed E-state index contributed by atoms with van der Waals surface area (Å²) in [6.07, 6.45) is 0. The summed E-state index contributed by atoms with van der Waals surface area (Å²) >= 11 is 0. The van der Waals surface area contributed by atoms with Crippen LogP contribution in [0.25, 0.3) is 10.9 Å². The topological polar surface area (TPSA) is 48.9 Å². The number of aromatic amines is 1. The molecule has 0 fully saturated rings. The molecule has 0 amide bonds. The molecule has 0 aliphatic carbocycles. The fourth-order valence-corrected chi connectivity index (χ4v) is 1.45. The van der Waals surface area contributed by atoms with Crippen molar-refractivity contribution in [3.63, 3.8) is 0 Å². The van der Waals surface area contributed by atoms with Crippen LogP contribution >= 0.6 is 0 Å². The number of halogens is 1. The van der Waals surface area contributed by atoms with Gasteiger partial charge in [0.05, 0.1) is 11.2 Å². The normalized spacial score (nSPS) is 12.2. The molecule has 4 heteroatoms. The van der Waals surface area contributed by atoms with Gasteiger partial charge >= 0.3 is 0 Å². The Morgan fingerprint density at radius 1 is 1.43 bits per heavy atom. The van der Waals surface area contributed by atoms with Gasteiger partial charge in [-0.25, -0.2) is 4.39 Å². The molecule has 0 radical (unpaired) electrons. The number of H-pyrrole nitrogens is 1. The molecule has 0 unspecified atom stereocenters. The number of aromatic nitrogens is 2. The molecular weight excluding hydrogens is 183 g/mol. The highest BCUT2D eigenvalue weighted by Gasteiger charge is 2.24. The number of benzene rings is 1. The molecule has 2 aromatic rings. The number of phenolic OH excluding ortho intramolecular Hbond substituents is 1. The fourth-order valence-electron chi connectivity index (χ4n) is 1.45. The first-order valence-electron chi connectivity index (χ1n) is 4.35. The highest BCUT2D eigenvalue weighted by Crippen LogP contribution is 2.30. The van der Waals surface area contributed by atoms with Gasteiger partial charge in [-0.15, -0.1) is 0 Å². The van der Waals surface area contributed by atoms with Crippen molar-refractivity contribution < 1.29 is 9.50 Å². The largest absolute Gasteiger partial charge is 0.508 e. The Morgan fingerprint density at radius 3 is 2.79 bits per heavy atom. The van der Waals surface area contributed by atoms with Crippen LogP contribution in [0, 0.1) is 0 Å². The Kier molecular flexibility index (Phi) is 1.74. The number of hydrogen-bond acceptors (Lipinski definition) is 2. The third-order valence-electron chi connectivity index (χ3n) is 2.13. The molecular formula is C10H11FN2O. The van der Waals surface area contributed by atoms with E-state index in [0.29, 0.717) is 16.6 Å². The van der Waals surface area contributed by atoms with E-state index in [1.807, 2.05) is 0 Å². The molecule has 3 nitrogen and oxygen atoms in total. The fraction of sp³-hybridized carbons (Fsp3) is 0.300. The summed E-state index contributed by atoms with van der Waals surface area (Å²) < 4.78 is 13.7. The van der Waals surface area contributed by atoms with Gasteiger partial charge in [-0.1, -0.05) is 0 Å². The van der Waals surface area contributed by atoms with E-state index in [9.17, 15) is 9.50 Å². The second-order valence-corrected chi connectivity index (χ2v) is 3.77. The van der Waals surface area contributed by atoms with Gasteiger partial charge in [0.1, 0.15) is 11.4 Å². The van der Waals surface area contributed by atoms with E-state index < -0.39 is 5.67 Å². The lowest BCUT2D eigenvalue weighted by Gasteiger charge is -2.11. The average Bonchev–Trinajstić information content (AvgIpc) is 2.45. The van der Waals surface area contributed by atoms with Gasteiger partial charge in [0.2, 0.25) is 0 Å². The summed E-state index contributed by atoms with van der Waals surface area (Å²) in [5, 5.41) is 16.5. The standard InChI is InChI=1S/C10H11FN2O/c1-10(2,11)9-7-5-6(14)3-4-8(7)12-13-9/h3-5,14H,1-2H3,(H,12,13). The minimum atomic E-state index is -1.48. The van der Waals surface area contributed by atoms with Gasteiger partial charge in [-0.2, -0.15) is 5.10 Å². The Labute approximate surface area is 80.6 Å². The van der Waals surface area contributed by atoms with Gasteiger partial charge in [-0.05, 0) is 32.0 Å². The Balaban J connectivity index is 2.73. The Hall–Kier alpha value is -1.58. The average molecular weight is 194 g/mol. The molecule has 2 rings (SSSR count). The van der Waals surface area contributed by atoms with Crippen molar-refractivity contribution in [3.05, 3.63) is 23.9 Å². The third-order valence-corrected chi connectivity index (χ3v) is 2.13. The number of phenols is 1. The van der Waals surface area contributed by atoms with Gasteiger partial charge < -0.3 is 5.11 Å². The lowest BCUT2D eigenvalue weighted by atomic mass is 10.0. The molecule has 0 saturated heterocycles. The molecule has 74 valence electrons. The first kappa shape index (κ1) is 8.99. The van der Waals surface area contributed by atoms with E-state index in [1.54, 1.807) is 6.07 Å². The molecule has 1 aromatic carbocycles. The van der Waals surface area contributed by atoms with Gasteiger partial charge in [0, 0.05) is 5.39 Å². The zero-order chi connectivity index (χ0) is 10.3. The number of nitrogens with zero attached hydrogens (tertiary/aromatic N) is 1. The van der Waals surface area contributed by atoms with E-state index in [0.717, 1.165) is 0 Å². The maximum atomic E-state index is 13.7. The van der Waals surface area contributed by atoms with Crippen molar-refractivity contribution >= 4 is 10.9 Å². The second kappa shape index (κ2) is 2.70. The second-order valence-electron chi connectivity index (χ2n) is 3.77. The van der Waals surface area contributed by atoms with E-state index in [1.165, 1.54) is 26.0 Å². The minimum Gasteiger partial charge on any atom is -0.508 e. The highest BCUT2D eigenvalue weighted by molar-refractivity contribution is 5.83. The van der Waals surface area contributed by atoms with Gasteiger partial charge in [-0.3, -0.25) is 5.10 Å². The number of nitrogens with one attached hydrogen (secondary N) is 1. The van der Waals surface area contributed by atoms with Crippen LogP contribution in [0.1, 0.15) is 19.5 Å². The monoisotopic (exact) mass is 194 g/mol. The van der Waals surface area contributed by atoms with Crippen LogP contribution in [0.4, 0.5) is 4.39 Å². The van der Waals surface area contributed by atoms with Crippen LogP contribution in [0.2, 0.25) is 0 Å². The predicted octanol–water partition coefficient (Wildman–Crippen LogP) is 2.47. The van der Waals surface area contributed by atoms with Crippen molar-refractivity contribution in [2.75, 3.05) is 0 Å². The summed E-state index contributed by atoms with van der Waals surface area (Å²) in [7, 11) is 0. The number of alkyl halides is 1. The Morgan fingerprint density at radius 2 is 2.14 bits per heavy atom. The van der Waals surface area contributed by atoms with Crippen LogP contribution in [-0.4, -0.2) is 15.3 Å². The Bertz CT molecular complexity index is 470. The molecule has 0 atom stereocenters. The summed E-state index contributed by atoms with van der Waals surface area (Å²) in [5.41, 5.74) is -0.436. The molecule has 1 aromatic heterocycles. The molecule has 0 aliphatic rings. The smallest absolute Gasteiger partial charge is 0.147 e. The van der Waals surface area contributed by atoms with Crippen LogP contribution in [0.3, 0.4) is 0 Å². The van der Waals surface area contributed by atoms with Crippen molar-refractivity contribution in [1.82, 2.24) is 10.2 Å². The molecule has 1 heterocycles. The number of fused-ring (bicyclic) bond motifs is 1. The number of aromatic hydroxyl groups is 1. The van der Waals surface area contributed by atoms with E-state index in [4.69, 9.17) is 0 Å². The zero-order valence-corrected chi connectivity index (χ0v) is 8.00. The van der Waals surface area contributed by atoms with Crippen LogP contribution in [0.5, 0.6) is 5.75 Å². The molecule has 0 spiro atoms. The van der Waals surface area contributed by atoms with Crippen LogP contribution < -0.4 is 0 Å². The van der Waals surface area contributed by atoms with Gasteiger partial charge in [0.15, 0.2) is 0 Å². The van der Waals surface area contributed by atoms with Crippen LogP contribution in [-0.2, 0) is 5.67 Å². The van der Waals surface area contributed by atoms with Crippen molar-refractivity contribution in [1.29, 1.82) is 0 Å². The predicted molar refractivity (Wildman–Crippen MR) is 51.9 cm³/mol. The molecule has 0 aliphatic heterocycles. The maximum absolute atomic E-state index is 13.7. The molecule has 0 bridgehead atoms. The molecule has 0 saturated carbocycles.